The molecule has 1 heterocycles. The molecule has 0 radical (unpaired) electrons. The van der Waals surface area contributed by atoms with Crippen LogP contribution >= 0.6 is 11.6 Å². The van der Waals surface area contributed by atoms with Gasteiger partial charge in [-0.15, -0.1) is 0 Å². The molecule has 1 atom stereocenters. The molecule has 0 aromatic heterocycles. The summed E-state index contributed by atoms with van der Waals surface area (Å²) in [4.78, 5) is 0. The van der Waals surface area contributed by atoms with Crippen LogP contribution < -0.4 is 10.1 Å². The van der Waals surface area contributed by atoms with Gasteiger partial charge in [0, 0.05) is 37.6 Å². The van der Waals surface area contributed by atoms with Crippen LogP contribution in [0.2, 0.25) is 5.02 Å². The Kier molecular flexibility index (Phi) is 14.5. The highest BCUT2D eigenvalue weighted by Gasteiger charge is 2.27. The molecule has 0 aliphatic carbocycles. The van der Waals surface area contributed by atoms with Crippen molar-refractivity contribution in [3.8, 4) is 5.75 Å². The zero-order valence-electron chi connectivity index (χ0n) is 23.3. The Morgan fingerprint density at radius 2 is 1.78 bits per heavy atom. The van der Waals surface area contributed by atoms with E-state index < -0.39 is 11.9 Å². The molecule has 0 bridgehead atoms. The predicted octanol–water partition coefficient (Wildman–Crippen LogP) is 6.74. The number of rotatable bonds is 15. The minimum Gasteiger partial charge on any atom is -0.463 e. The summed E-state index contributed by atoms with van der Waals surface area (Å²) < 4.78 is 22.9. The lowest BCUT2D eigenvalue weighted by Crippen LogP contribution is -2.35. The van der Waals surface area contributed by atoms with Crippen LogP contribution in [0.15, 0.2) is 36.4 Å². The van der Waals surface area contributed by atoms with Gasteiger partial charge in [-0.2, -0.15) is 0 Å². The first-order valence-electron chi connectivity index (χ1n) is 13.6. The third-order valence-electron chi connectivity index (χ3n) is 6.10. The van der Waals surface area contributed by atoms with Gasteiger partial charge in [0.15, 0.2) is 0 Å². The van der Waals surface area contributed by atoms with Gasteiger partial charge in [-0.3, -0.25) is 0 Å². The van der Waals surface area contributed by atoms with Crippen LogP contribution in [0.4, 0.5) is 0 Å². The average molecular weight is 536 g/mol. The summed E-state index contributed by atoms with van der Waals surface area (Å²) in [5.74, 6) is 0.223. The van der Waals surface area contributed by atoms with E-state index in [1.54, 1.807) is 0 Å². The fourth-order valence-electron chi connectivity index (χ4n) is 3.97. The van der Waals surface area contributed by atoms with E-state index in [0.29, 0.717) is 33.0 Å². The Hall–Kier alpha value is -1.67. The van der Waals surface area contributed by atoms with Crippen molar-refractivity contribution in [2.24, 2.45) is 0 Å². The molecule has 2 N–H and O–H groups in total. The standard InChI is InChI=1S/C28H40ClNO5.C2H6/c1-21-9-8-10-25(29)24(21)20-33-16-15-32-14-7-5-4-6-13-30-18-26(31)22-11-12-27-23(17-22)19-34-28(2,3)35-27;1-2/h8-12,17,26,30-31H,4-7,13-16,18-20H2,1-3H3;1-2H3. The summed E-state index contributed by atoms with van der Waals surface area (Å²) >= 11 is 6.21. The highest BCUT2D eigenvalue weighted by atomic mass is 35.5. The Morgan fingerprint density at radius 3 is 2.57 bits per heavy atom. The SMILES string of the molecule is CC.Cc1cccc(Cl)c1COCCOCCCCCCNCC(O)c1ccc2c(c1)COC(C)(C)O2. The maximum atomic E-state index is 10.5. The molecule has 2 aromatic rings. The lowest BCUT2D eigenvalue weighted by atomic mass is 10.0. The number of hydrogen-bond acceptors (Lipinski definition) is 6. The fraction of sp³-hybridized carbons (Fsp3) is 0.600. The van der Waals surface area contributed by atoms with Crippen LogP contribution in [-0.4, -0.2) is 43.8 Å². The van der Waals surface area contributed by atoms with Crippen molar-refractivity contribution in [3.63, 3.8) is 0 Å². The van der Waals surface area contributed by atoms with E-state index in [9.17, 15) is 5.11 Å². The van der Waals surface area contributed by atoms with Crippen molar-refractivity contribution in [1.82, 2.24) is 5.32 Å². The van der Waals surface area contributed by atoms with Gasteiger partial charge >= 0.3 is 0 Å². The first-order valence-corrected chi connectivity index (χ1v) is 14.0. The number of nitrogens with one attached hydrogen (secondary N) is 1. The van der Waals surface area contributed by atoms with Gasteiger partial charge in [-0.25, -0.2) is 0 Å². The van der Waals surface area contributed by atoms with Crippen molar-refractivity contribution in [2.75, 3.05) is 32.9 Å². The smallest absolute Gasteiger partial charge is 0.205 e. The molecule has 0 saturated carbocycles. The maximum absolute atomic E-state index is 10.5. The molecule has 3 rings (SSSR count). The summed E-state index contributed by atoms with van der Waals surface area (Å²) in [5.41, 5.74) is 4.05. The predicted molar refractivity (Wildman–Crippen MR) is 150 cm³/mol. The zero-order valence-corrected chi connectivity index (χ0v) is 24.0. The van der Waals surface area contributed by atoms with Crippen LogP contribution in [0, 0.1) is 6.92 Å². The lowest BCUT2D eigenvalue weighted by Gasteiger charge is -2.33. The molecule has 2 aromatic carbocycles. The number of halogens is 1. The topological polar surface area (TPSA) is 69.2 Å². The summed E-state index contributed by atoms with van der Waals surface area (Å²) in [5, 5.41) is 14.6. The van der Waals surface area contributed by atoms with E-state index >= 15 is 0 Å². The van der Waals surface area contributed by atoms with Gasteiger partial charge in [0.2, 0.25) is 5.79 Å². The molecule has 37 heavy (non-hydrogen) atoms. The number of benzene rings is 2. The van der Waals surface area contributed by atoms with Crippen LogP contribution in [-0.2, 0) is 27.4 Å². The minimum absolute atomic E-state index is 0.495. The van der Waals surface area contributed by atoms with Gasteiger partial charge in [0.1, 0.15) is 5.75 Å². The van der Waals surface area contributed by atoms with E-state index in [4.69, 9.17) is 30.5 Å². The van der Waals surface area contributed by atoms with E-state index in [0.717, 1.165) is 71.9 Å². The van der Waals surface area contributed by atoms with Gasteiger partial charge in [0.05, 0.1) is 32.5 Å². The minimum atomic E-state index is -0.605. The van der Waals surface area contributed by atoms with Gasteiger partial charge in [0.25, 0.3) is 0 Å². The third-order valence-corrected chi connectivity index (χ3v) is 6.46. The maximum Gasteiger partial charge on any atom is 0.205 e. The van der Waals surface area contributed by atoms with Gasteiger partial charge < -0.3 is 29.4 Å². The number of aryl methyl sites for hydroxylation is 1. The van der Waals surface area contributed by atoms with Gasteiger partial charge in [-0.05, 0) is 61.2 Å². The molecule has 0 fully saturated rings. The second-order valence-electron chi connectivity index (χ2n) is 9.49. The fourth-order valence-corrected chi connectivity index (χ4v) is 4.25. The van der Waals surface area contributed by atoms with Crippen molar-refractivity contribution < 1.29 is 24.1 Å². The second kappa shape index (κ2) is 17.0. The molecule has 6 nitrogen and oxygen atoms in total. The first kappa shape index (κ1) is 31.5. The number of ether oxygens (including phenoxy) is 4. The molecule has 0 spiro atoms. The van der Waals surface area contributed by atoms with Crippen molar-refractivity contribution in [2.45, 2.75) is 85.4 Å². The Labute approximate surface area is 228 Å². The monoisotopic (exact) mass is 535 g/mol. The molecule has 0 saturated heterocycles. The van der Waals surface area contributed by atoms with E-state index in [-0.39, 0.29) is 0 Å². The Bertz CT molecular complexity index is 901. The van der Waals surface area contributed by atoms with E-state index in [2.05, 4.69) is 5.32 Å². The van der Waals surface area contributed by atoms with Crippen molar-refractivity contribution in [3.05, 3.63) is 63.7 Å². The molecule has 0 amide bonds. The molecular weight excluding hydrogens is 490 g/mol. The summed E-state index contributed by atoms with van der Waals surface area (Å²) in [6.45, 7) is 14.2. The number of aliphatic hydroxyl groups is 1. The van der Waals surface area contributed by atoms with E-state index in [1.165, 1.54) is 0 Å². The summed E-state index contributed by atoms with van der Waals surface area (Å²) in [6, 6.07) is 11.7. The summed E-state index contributed by atoms with van der Waals surface area (Å²) in [6.07, 6.45) is 3.84. The molecule has 1 aliphatic heterocycles. The Balaban J connectivity index is 0.00000235. The second-order valence-corrected chi connectivity index (χ2v) is 9.90. The highest BCUT2D eigenvalue weighted by Crippen LogP contribution is 2.32. The molecule has 1 unspecified atom stereocenters. The largest absolute Gasteiger partial charge is 0.463 e. The normalized spacial score (nSPS) is 14.8. The third kappa shape index (κ3) is 11.3. The average Bonchev–Trinajstić information content (AvgIpc) is 2.88. The first-order chi connectivity index (χ1) is 17.9. The van der Waals surface area contributed by atoms with Crippen LogP contribution in [0.1, 0.15) is 81.7 Å². The number of aliphatic hydroxyl groups excluding tert-OH is 1. The van der Waals surface area contributed by atoms with Crippen LogP contribution in [0.5, 0.6) is 5.75 Å². The molecular formula is C30H46ClNO5. The molecule has 1 aliphatic rings. The summed E-state index contributed by atoms with van der Waals surface area (Å²) in [7, 11) is 0. The molecule has 7 heteroatoms. The van der Waals surface area contributed by atoms with Gasteiger partial charge in [-0.1, -0.05) is 56.5 Å². The van der Waals surface area contributed by atoms with Crippen molar-refractivity contribution >= 4 is 11.6 Å². The number of hydrogen-bond donors (Lipinski definition) is 2. The van der Waals surface area contributed by atoms with Crippen molar-refractivity contribution in [1.29, 1.82) is 0 Å². The lowest BCUT2D eigenvalue weighted by molar-refractivity contribution is -0.180. The number of fused-ring (bicyclic) bond motifs is 1. The Morgan fingerprint density at radius 1 is 1.03 bits per heavy atom. The highest BCUT2D eigenvalue weighted by molar-refractivity contribution is 6.31. The van der Waals surface area contributed by atoms with E-state index in [1.807, 2.05) is 71.0 Å². The number of unbranched alkanes of at least 4 members (excludes halogenated alkanes) is 3. The van der Waals surface area contributed by atoms with Crippen LogP contribution in [0.25, 0.3) is 0 Å². The quantitative estimate of drug-likeness (QED) is 0.246. The van der Waals surface area contributed by atoms with Crippen LogP contribution in [0.3, 0.4) is 0 Å². The zero-order chi connectivity index (χ0) is 27.1. The molecule has 208 valence electrons.